The molecular formula is C64H121NO10. The highest BCUT2D eigenvalue weighted by atomic mass is 16.7. The van der Waals surface area contributed by atoms with Gasteiger partial charge in [-0.05, 0) is 64.2 Å². The molecule has 0 aliphatic carbocycles. The predicted molar refractivity (Wildman–Crippen MR) is 312 cm³/mol. The van der Waals surface area contributed by atoms with Crippen molar-refractivity contribution >= 4 is 5.91 Å². The van der Waals surface area contributed by atoms with E-state index in [4.69, 9.17) is 9.47 Å². The van der Waals surface area contributed by atoms with Gasteiger partial charge in [0, 0.05) is 0 Å². The Morgan fingerprint density at radius 2 is 0.800 bits per heavy atom. The van der Waals surface area contributed by atoms with E-state index in [1.165, 1.54) is 205 Å². The number of aliphatic hydroxyl groups is 7. The zero-order valence-electron chi connectivity index (χ0n) is 48.5. The molecule has 0 spiro atoms. The number of rotatable bonds is 55. The maximum atomic E-state index is 13.2. The number of nitrogens with one attached hydrogen (secondary N) is 1. The van der Waals surface area contributed by atoms with Crippen LogP contribution in [0.3, 0.4) is 0 Å². The van der Waals surface area contributed by atoms with Crippen molar-refractivity contribution in [2.45, 2.75) is 351 Å². The molecule has 1 saturated heterocycles. The van der Waals surface area contributed by atoms with E-state index >= 15 is 0 Å². The fourth-order valence-electron chi connectivity index (χ4n) is 10.2. The molecule has 442 valence electrons. The van der Waals surface area contributed by atoms with Gasteiger partial charge in [0.05, 0.1) is 25.4 Å². The maximum Gasteiger partial charge on any atom is 0.249 e. The largest absolute Gasteiger partial charge is 0.394 e. The Morgan fingerprint density at radius 3 is 1.19 bits per heavy atom. The topological polar surface area (TPSA) is 189 Å². The second-order valence-corrected chi connectivity index (χ2v) is 22.5. The van der Waals surface area contributed by atoms with E-state index in [2.05, 4.69) is 55.6 Å². The average molecular weight is 1060 g/mol. The van der Waals surface area contributed by atoms with Crippen molar-refractivity contribution in [3.63, 3.8) is 0 Å². The van der Waals surface area contributed by atoms with Crippen LogP contribution in [0, 0.1) is 0 Å². The molecule has 1 heterocycles. The highest BCUT2D eigenvalue weighted by molar-refractivity contribution is 5.80. The molecule has 0 bridgehead atoms. The van der Waals surface area contributed by atoms with Crippen LogP contribution in [0.4, 0.5) is 0 Å². The van der Waals surface area contributed by atoms with E-state index in [0.717, 1.165) is 44.9 Å². The number of carbonyl (C=O) groups excluding carboxylic acids is 1. The molecule has 0 aromatic heterocycles. The first-order valence-corrected chi connectivity index (χ1v) is 31.9. The smallest absolute Gasteiger partial charge is 0.249 e. The van der Waals surface area contributed by atoms with Crippen LogP contribution >= 0.6 is 0 Å². The molecule has 0 saturated carbocycles. The number of allylic oxidation sites excluding steroid dienone is 6. The number of aliphatic hydroxyl groups excluding tert-OH is 7. The van der Waals surface area contributed by atoms with E-state index < -0.39 is 74.2 Å². The molecule has 8 N–H and O–H groups in total. The summed E-state index contributed by atoms with van der Waals surface area (Å²) in [6, 6.07) is -1.19. The Bertz CT molecular complexity index is 1310. The van der Waals surface area contributed by atoms with E-state index in [1.807, 2.05) is 0 Å². The lowest BCUT2D eigenvalue weighted by molar-refractivity contribution is -0.303. The van der Waals surface area contributed by atoms with Crippen molar-refractivity contribution in [1.82, 2.24) is 5.32 Å². The summed E-state index contributed by atoms with van der Waals surface area (Å²) in [5, 5.41) is 76.2. The summed E-state index contributed by atoms with van der Waals surface area (Å²) in [5.41, 5.74) is 0. The second-order valence-electron chi connectivity index (χ2n) is 22.5. The van der Waals surface area contributed by atoms with Gasteiger partial charge in [-0.15, -0.1) is 0 Å². The fraction of sp³-hybridized carbons (Fsp3) is 0.891. The lowest BCUT2D eigenvalue weighted by Gasteiger charge is -2.40. The number of ether oxygens (including phenoxy) is 2. The molecule has 11 heteroatoms. The SMILES string of the molecule is CCCCCCCCCCCCCCCCCC/C=C/CC/C=C/CC/C=C/CCCC(O)C(O)C(COC1OC(CO)C(O)C(O)C1O)NC(=O)C(O)CCCCCCCCCCCCCCCCCCCCC. The standard InChI is InChI=1S/C64H121NO10/c1-3-5-7-9-11-13-15-17-19-21-23-24-25-26-27-28-29-30-31-32-34-35-37-39-41-43-45-47-49-51-56(67)59(69)55(54-74-64-62(72)61(71)60(70)58(53-66)75-64)65-63(73)57(68)52-50-48-46-44-42-40-38-36-33-22-20-18-16-14-12-10-8-6-4-2/h30-31,35,37,43,45,55-62,64,66-72H,3-29,32-34,36,38-42,44,46-54H2,1-2H3,(H,65,73)/b31-30+,37-35+,45-43+. The normalized spacial score (nSPS) is 19.9. The Hall–Kier alpha value is -1.67. The van der Waals surface area contributed by atoms with Gasteiger partial charge >= 0.3 is 0 Å². The minimum absolute atomic E-state index is 0.243. The minimum Gasteiger partial charge on any atom is -0.394 e. The molecule has 0 aromatic rings. The molecule has 1 aliphatic heterocycles. The Labute approximate surface area is 460 Å². The lowest BCUT2D eigenvalue weighted by atomic mass is 9.98. The second kappa shape index (κ2) is 53.0. The van der Waals surface area contributed by atoms with Crippen molar-refractivity contribution in [2.75, 3.05) is 13.2 Å². The van der Waals surface area contributed by atoms with Crippen LogP contribution in [0.25, 0.3) is 0 Å². The quantitative estimate of drug-likeness (QED) is 0.0215. The summed E-state index contributed by atoms with van der Waals surface area (Å²) in [5.74, 6) is -0.708. The summed E-state index contributed by atoms with van der Waals surface area (Å²) in [6.45, 7) is 3.47. The summed E-state index contributed by atoms with van der Waals surface area (Å²) in [4.78, 5) is 13.2. The third kappa shape index (κ3) is 41.1. The molecular weight excluding hydrogens is 943 g/mol. The molecule has 0 aromatic carbocycles. The van der Waals surface area contributed by atoms with Gasteiger partial charge in [0.1, 0.15) is 36.6 Å². The number of unbranched alkanes of at least 4 members (excludes halogenated alkanes) is 37. The van der Waals surface area contributed by atoms with Gasteiger partial charge < -0.3 is 50.5 Å². The first-order valence-electron chi connectivity index (χ1n) is 31.9. The maximum absolute atomic E-state index is 13.2. The van der Waals surface area contributed by atoms with Crippen molar-refractivity contribution in [1.29, 1.82) is 0 Å². The van der Waals surface area contributed by atoms with Gasteiger partial charge in [0.15, 0.2) is 6.29 Å². The average Bonchev–Trinajstić information content (AvgIpc) is 3.41. The van der Waals surface area contributed by atoms with Crippen LogP contribution in [0.2, 0.25) is 0 Å². The molecule has 1 rings (SSSR count). The number of amides is 1. The number of hydrogen-bond donors (Lipinski definition) is 8. The highest BCUT2D eigenvalue weighted by Gasteiger charge is 2.44. The van der Waals surface area contributed by atoms with Crippen LogP contribution in [-0.2, 0) is 14.3 Å². The monoisotopic (exact) mass is 1060 g/mol. The number of hydrogen-bond acceptors (Lipinski definition) is 10. The molecule has 11 nitrogen and oxygen atoms in total. The van der Waals surface area contributed by atoms with Crippen LogP contribution < -0.4 is 5.32 Å². The zero-order chi connectivity index (χ0) is 54.7. The Balaban J connectivity index is 2.29. The molecule has 0 radical (unpaired) electrons. The van der Waals surface area contributed by atoms with Crippen LogP contribution in [-0.4, -0.2) is 110 Å². The van der Waals surface area contributed by atoms with Gasteiger partial charge in [0.25, 0.3) is 0 Å². The Kier molecular flexibility index (Phi) is 50.4. The van der Waals surface area contributed by atoms with Gasteiger partial charge in [-0.25, -0.2) is 0 Å². The predicted octanol–water partition coefficient (Wildman–Crippen LogP) is 14.2. The molecule has 1 aliphatic rings. The fourth-order valence-corrected chi connectivity index (χ4v) is 10.2. The van der Waals surface area contributed by atoms with E-state index in [9.17, 15) is 40.5 Å². The van der Waals surface area contributed by atoms with Crippen molar-refractivity contribution in [3.8, 4) is 0 Å². The molecule has 1 amide bonds. The first-order chi connectivity index (χ1) is 36.7. The molecule has 9 atom stereocenters. The van der Waals surface area contributed by atoms with E-state index in [0.29, 0.717) is 19.3 Å². The van der Waals surface area contributed by atoms with E-state index in [-0.39, 0.29) is 12.8 Å². The van der Waals surface area contributed by atoms with Crippen molar-refractivity contribution < 1.29 is 50.0 Å². The highest BCUT2D eigenvalue weighted by Crippen LogP contribution is 2.23. The summed E-state index contributed by atoms with van der Waals surface area (Å²) < 4.78 is 11.1. The van der Waals surface area contributed by atoms with E-state index in [1.54, 1.807) is 0 Å². The number of carbonyl (C=O) groups is 1. The molecule has 9 unspecified atom stereocenters. The van der Waals surface area contributed by atoms with Crippen LogP contribution in [0.1, 0.15) is 296 Å². The zero-order valence-corrected chi connectivity index (χ0v) is 48.5. The first kappa shape index (κ1) is 71.3. The third-order valence-corrected chi connectivity index (χ3v) is 15.4. The van der Waals surface area contributed by atoms with Gasteiger partial charge in [-0.1, -0.05) is 269 Å². The summed E-state index contributed by atoms with van der Waals surface area (Å²) >= 11 is 0. The van der Waals surface area contributed by atoms with Crippen molar-refractivity contribution in [3.05, 3.63) is 36.5 Å². The molecule has 1 fully saturated rings. The van der Waals surface area contributed by atoms with Crippen LogP contribution in [0.15, 0.2) is 36.5 Å². The van der Waals surface area contributed by atoms with Gasteiger partial charge in [0.2, 0.25) is 5.91 Å². The van der Waals surface area contributed by atoms with Gasteiger partial charge in [-0.3, -0.25) is 4.79 Å². The minimum atomic E-state index is -1.67. The Morgan fingerprint density at radius 1 is 0.453 bits per heavy atom. The molecule has 75 heavy (non-hydrogen) atoms. The summed E-state index contributed by atoms with van der Waals surface area (Å²) in [7, 11) is 0. The van der Waals surface area contributed by atoms with Crippen LogP contribution in [0.5, 0.6) is 0 Å². The third-order valence-electron chi connectivity index (χ3n) is 15.4. The van der Waals surface area contributed by atoms with Crippen molar-refractivity contribution in [2.24, 2.45) is 0 Å². The summed E-state index contributed by atoms with van der Waals surface area (Å²) in [6.07, 6.45) is 55.0. The van der Waals surface area contributed by atoms with Gasteiger partial charge in [-0.2, -0.15) is 0 Å². The lowest BCUT2D eigenvalue weighted by Crippen LogP contribution is -2.60.